The van der Waals surface area contributed by atoms with E-state index in [2.05, 4.69) is 0 Å². The van der Waals surface area contributed by atoms with Crippen molar-refractivity contribution in [3.05, 3.63) is 52.3 Å². The van der Waals surface area contributed by atoms with Crippen LogP contribution in [0, 0.1) is 21.4 Å². The SMILES string of the molecule is N#Cc1ccc(S(=O)(=O)c2ccc([N+](=O)[O-])cc2)o1. The molecule has 1 aromatic heterocycles. The smallest absolute Gasteiger partial charge is 0.269 e. The molecule has 0 bridgehead atoms. The number of hydrogen-bond acceptors (Lipinski definition) is 6. The van der Waals surface area contributed by atoms with Crippen molar-refractivity contribution >= 4 is 15.5 Å². The number of benzene rings is 1. The highest BCUT2D eigenvalue weighted by Gasteiger charge is 2.22. The van der Waals surface area contributed by atoms with E-state index in [9.17, 15) is 18.5 Å². The minimum Gasteiger partial charge on any atom is -0.434 e. The number of nitriles is 1. The molecule has 96 valence electrons. The molecule has 0 radical (unpaired) electrons. The summed E-state index contributed by atoms with van der Waals surface area (Å²) in [6.07, 6.45) is 0. The average Bonchev–Trinajstić information content (AvgIpc) is 2.88. The molecular formula is C11H6N2O5S. The molecule has 2 rings (SSSR count). The van der Waals surface area contributed by atoms with Gasteiger partial charge in [-0.1, -0.05) is 0 Å². The molecule has 0 aliphatic carbocycles. The Hall–Kier alpha value is -2.66. The van der Waals surface area contributed by atoms with Crippen LogP contribution in [0.1, 0.15) is 5.76 Å². The lowest BCUT2D eigenvalue weighted by Gasteiger charge is -2.00. The average molecular weight is 278 g/mol. The van der Waals surface area contributed by atoms with Crippen molar-refractivity contribution in [3.63, 3.8) is 0 Å². The van der Waals surface area contributed by atoms with Gasteiger partial charge in [0, 0.05) is 12.1 Å². The van der Waals surface area contributed by atoms with E-state index < -0.39 is 14.8 Å². The number of hydrogen-bond donors (Lipinski definition) is 0. The second-order valence-corrected chi connectivity index (χ2v) is 5.37. The molecule has 2 aromatic rings. The summed E-state index contributed by atoms with van der Waals surface area (Å²) in [5.41, 5.74) is -0.212. The topological polar surface area (TPSA) is 114 Å². The zero-order valence-electron chi connectivity index (χ0n) is 9.31. The van der Waals surface area contributed by atoms with Crippen LogP contribution in [0.3, 0.4) is 0 Å². The third-order valence-corrected chi connectivity index (χ3v) is 3.96. The molecule has 0 fully saturated rings. The number of nitrogens with zero attached hydrogens (tertiary/aromatic N) is 2. The van der Waals surface area contributed by atoms with Gasteiger partial charge < -0.3 is 4.42 Å². The van der Waals surface area contributed by atoms with Crippen LogP contribution >= 0.6 is 0 Å². The summed E-state index contributed by atoms with van der Waals surface area (Å²) in [5, 5.41) is 18.7. The lowest BCUT2D eigenvalue weighted by molar-refractivity contribution is -0.384. The molecule has 0 amide bonds. The molecular weight excluding hydrogens is 272 g/mol. The maximum absolute atomic E-state index is 12.1. The molecule has 1 aromatic carbocycles. The lowest BCUT2D eigenvalue weighted by Crippen LogP contribution is -2.00. The second-order valence-electron chi connectivity index (χ2n) is 3.48. The number of furan rings is 1. The Morgan fingerprint density at radius 2 is 1.79 bits per heavy atom. The Labute approximate surface area is 107 Å². The van der Waals surface area contributed by atoms with Crippen LogP contribution in [0.25, 0.3) is 0 Å². The number of nitro groups is 1. The minimum absolute atomic E-state index is 0.125. The van der Waals surface area contributed by atoms with Gasteiger partial charge in [0.05, 0.1) is 9.82 Å². The highest BCUT2D eigenvalue weighted by Crippen LogP contribution is 2.24. The first-order valence-electron chi connectivity index (χ1n) is 4.94. The summed E-state index contributed by atoms with van der Waals surface area (Å²) < 4.78 is 29.0. The molecule has 0 unspecified atom stereocenters. The fraction of sp³-hybridized carbons (Fsp3) is 0. The van der Waals surface area contributed by atoms with E-state index in [1.807, 2.05) is 0 Å². The van der Waals surface area contributed by atoms with Gasteiger partial charge in [-0.3, -0.25) is 10.1 Å². The van der Waals surface area contributed by atoms with Gasteiger partial charge in [-0.05, 0) is 24.3 Å². The first-order chi connectivity index (χ1) is 8.95. The van der Waals surface area contributed by atoms with Crippen LogP contribution in [-0.4, -0.2) is 13.3 Å². The number of non-ortho nitro benzene ring substituents is 1. The third kappa shape index (κ3) is 2.31. The molecule has 1 heterocycles. The van der Waals surface area contributed by atoms with Crippen molar-refractivity contribution in [1.29, 1.82) is 5.26 Å². The summed E-state index contributed by atoms with van der Waals surface area (Å²) in [7, 11) is -3.91. The predicted molar refractivity (Wildman–Crippen MR) is 62.0 cm³/mol. The van der Waals surface area contributed by atoms with Crippen molar-refractivity contribution < 1.29 is 17.8 Å². The van der Waals surface area contributed by atoms with Gasteiger partial charge in [-0.15, -0.1) is 0 Å². The van der Waals surface area contributed by atoms with Crippen molar-refractivity contribution in [2.75, 3.05) is 0 Å². The summed E-state index contributed by atoms with van der Waals surface area (Å²) in [6.45, 7) is 0. The quantitative estimate of drug-likeness (QED) is 0.625. The highest BCUT2D eigenvalue weighted by molar-refractivity contribution is 7.91. The maximum atomic E-state index is 12.1. The number of sulfone groups is 1. The van der Waals surface area contributed by atoms with Gasteiger partial charge in [-0.2, -0.15) is 5.26 Å². The fourth-order valence-electron chi connectivity index (χ4n) is 1.39. The van der Waals surface area contributed by atoms with E-state index in [1.54, 1.807) is 6.07 Å². The van der Waals surface area contributed by atoms with E-state index in [-0.39, 0.29) is 21.4 Å². The highest BCUT2D eigenvalue weighted by atomic mass is 32.2. The Bertz CT molecular complexity index is 768. The summed E-state index contributed by atoms with van der Waals surface area (Å²) in [4.78, 5) is 9.71. The summed E-state index contributed by atoms with van der Waals surface area (Å²) in [6, 6.07) is 8.47. The third-order valence-electron chi connectivity index (χ3n) is 2.31. The van der Waals surface area contributed by atoms with Gasteiger partial charge >= 0.3 is 0 Å². The number of rotatable bonds is 3. The molecule has 0 saturated carbocycles. The number of nitro benzene ring substituents is 1. The van der Waals surface area contributed by atoms with Gasteiger partial charge in [0.2, 0.25) is 20.7 Å². The van der Waals surface area contributed by atoms with Gasteiger partial charge in [-0.25, -0.2) is 8.42 Å². The Kier molecular flexibility index (Phi) is 3.06. The van der Waals surface area contributed by atoms with Crippen LogP contribution in [-0.2, 0) is 9.84 Å². The maximum Gasteiger partial charge on any atom is 0.269 e. The molecule has 0 aliphatic rings. The molecule has 0 saturated heterocycles. The molecule has 7 nitrogen and oxygen atoms in total. The predicted octanol–water partition coefficient (Wildman–Crippen LogP) is 1.89. The Balaban J connectivity index is 2.45. The standard InChI is InChI=1S/C11H6N2O5S/c12-7-9-3-6-11(18-9)19(16,17)10-4-1-8(2-5-10)13(14)15/h1-6H. The van der Waals surface area contributed by atoms with E-state index >= 15 is 0 Å². The van der Waals surface area contributed by atoms with Gasteiger partial charge in [0.1, 0.15) is 6.07 Å². The van der Waals surface area contributed by atoms with Gasteiger partial charge in [0.15, 0.2) is 0 Å². The first-order valence-corrected chi connectivity index (χ1v) is 6.43. The second kappa shape index (κ2) is 4.55. The van der Waals surface area contributed by atoms with Crippen molar-refractivity contribution in [3.8, 4) is 6.07 Å². The van der Waals surface area contributed by atoms with Crippen LogP contribution in [0.2, 0.25) is 0 Å². The van der Waals surface area contributed by atoms with E-state index in [4.69, 9.17) is 9.68 Å². The van der Waals surface area contributed by atoms with Crippen molar-refractivity contribution in [2.45, 2.75) is 9.99 Å². The summed E-state index contributed by atoms with van der Waals surface area (Å²) in [5.74, 6) is -0.125. The van der Waals surface area contributed by atoms with E-state index in [0.29, 0.717) is 0 Å². The normalized spacial score (nSPS) is 10.9. The van der Waals surface area contributed by atoms with Gasteiger partial charge in [0.25, 0.3) is 5.69 Å². The van der Waals surface area contributed by atoms with Crippen molar-refractivity contribution in [1.82, 2.24) is 0 Å². The first kappa shape index (κ1) is 12.8. The fourth-order valence-corrected chi connectivity index (χ4v) is 2.56. The Morgan fingerprint density at radius 1 is 1.16 bits per heavy atom. The minimum atomic E-state index is -3.91. The van der Waals surface area contributed by atoms with Crippen LogP contribution in [0.15, 0.2) is 50.8 Å². The molecule has 0 aliphatic heterocycles. The van der Waals surface area contributed by atoms with Crippen LogP contribution in [0.5, 0.6) is 0 Å². The van der Waals surface area contributed by atoms with E-state index in [1.165, 1.54) is 6.07 Å². The molecule has 8 heteroatoms. The monoisotopic (exact) mass is 278 g/mol. The molecule has 0 N–H and O–H groups in total. The zero-order chi connectivity index (χ0) is 14.0. The van der Waals surface area contributed by atoms with Crippen LogP contribution < -0.4 is 0 Å². The molecule has 0 spiro atoms. The lowest BCUT2D eigenvalue weighted by atomic mass is 10.3. The molecule has 19 heavy (non-hydrogen) atoms. The summed E-state index contributed by atoms with van der Waals surface area (Å²) >= 11 is 0. The zero-order valence-corrected chi connectivity index (χ0v) is 10.1. The largest absolute Gasteiger partial charge is 0.434 e. The molecule has 0 atom stereocenters. The Morgan fingerprint density at radius 3 is 2.26 bits per heavy atom. The van der Waals surface area contributed by atoms with E-state index in [0.717, 1.165) is 30.3 Å². The van der Waals surface area contributed by atoms with Crippen LogP contribution in [0.4, 0.5) is 5.69 Å². The van der Waals surface area contributed by atoms with Crippen molar-refractivity contribution in [2.24, 2.45) is 0 Å².